The van der Waals surface area contributed by atoms with Crippen molar-refractivity contribution in [3.63, 3.8) is 0 Å². The van der Waals surface area contributed by atoms with Gasteiger partial charge >= 0.3 is 5.97 Å². The molecule has 0 spiro atoms. The van der Waals surface area contributed by atoms with Crippen LogP contribution in [0.1, 0.15) is 61.4 Å². The third-order valence-electron chi connectivity index (χ3n) is 8.12. The maximum atomic E-state index is 12.2. The third kappa shape index (κ3) is 3.10. The zero-order valence-electron chi connectivity index (χ0n) is 18.9. The Bertz CT molecular complexity index is 1140. The Labute approximate surface area is 193 Å². The van der Waals surface area contributed by atoms with Gasteiger partial charge in [0.15, 0.2) is 0 Å². The topological polar surface area (TPSA) is 35.5 Å². The highest BCUT2D eigenvalue weighted by atomic mass is 32.1. The van der Waals surface area contributed by atoms with E-state index >= 15 is 0 Å². The molecule has 0 N–H and O–H groups in total. The molecule has 4 fully saturated rings. The van der Waals surface area contributed by atoms with Crippen molar-refractivity contribution in [1.82, 2.24) is 0 Å². The van der Waals surface area contributed by atoms with E-state index < -0.39 is 0 Å². The lowest BCUT2D eigenvalue weighted by molar-refractivity contribution is -0.00415. The van der Waals surface area contributed by atoms with E-state index in [-0.39, 0.29) is 11.4 Å². The quantitative estimate of drug-likeness (QED) is 0.388. The van der Waals surface area contributed by atoms with Crippen molar-refractivity contribution in [1.29, 1.82) is 0 Å². The number of thiophene rings is 1. The summed E-state index contributed by atoms with van der Waals surface area (Å²) in [5.74, 6) is 3.39. The van der Waals surface area contributed by atoms with Crippen molar-refractivity contribution < 1.29 is 14.3 Å². The Morgan fingerprint density at radius 2 is 1.66 bits per heavy atom. The minimum Gasteiger partial charge on any atom is -0.496 e. The Hall–Kier alpha value is -2.33. The second-order valence-electron chi connectivity index (χ2n) is 10.1. The molecular weight excluding hydrogens is 416 g/mol. The molecule has 0 aliphatic heterocycles. The molecule has 0 radical (unpaired) electrons. The van der Waals surface area contributed by atoms with Crippen LogP contribution in [-0.2, 0) is 10.2 Å². The maximum absolute atomic E-state index is 12.2. The van der Waals surface area contributed by atoms with Crippen molar-refractivity contribution >= 4 is 27.4 Å². The maximum Gasteiger partial charge on any atom is 0.338 e. The van der Waals surface area contributed by atoms with Gasteiger partial charge < -0.3 is 9.47 Å². The number of hydrogen-bond acceptors (Lipinski definition) is 4. The molecule has 0 saturated heterocycles. The van der Waals surface area contributed by atoms with Crippen LogP contribution in [0.5, 0.6) is 5.75 Å². The van der Waals surface area contributed by atoms with Gasteiger partial charge in [-0.05, 0) is 104 Å². The van der Waals surface area contributed by atoms with Crippen molar-refractivity contribution in [2.75, 3.05) is 13.7 Å². The highest BCUT2D eigenvalue weighted by molar-refractivity contribution is 7.22. The summed E-state index contributed by atoms with van der Waals surface area (Å²) in [4.78, 5) is 13.5. The number of carbonyl (C=O) groups excluding carboxylic acids is 1. The summed E-state index contributed by atoms with van der Waals surface area (Å²) >= 11 is 1.88. The van der Waals surface area contributed by atoms with Crippen LogP contribution in [0, 0.1) is 17.8 Å². The Morgan fingerprint density at radius 1 is 1.00 bits per heavy atom. The van der Waals surface area contributed by atoms with Crippen LogP contribution in [0.2, 0.25) is 0 Å². The minimum atomic E-state index is -0.252. The summed E-state index contributed by atoms with van der Waals surface area (Å²) in [5, 5.41) is 1.33. The fourth-order valence-electron chi connectivity index (χ4n) is 7.39. The second-order valence-corrected chi connectivity index (χ2v) is 11.2. The summed E-state index contributed by atoms with van der Waals surface area (Å²) in [6.07, 6.45) is 8.25. The molecule has 7 rings (SSSR count). The fraction of sp³-hybridized carbons (Fsp3) is 0.464. The molecule has 166 valence electrons. The number of carbonyl (C=O) groups is 1. The lowest BCUT2D eigenvalue weighted by atomic mass is 9.47. The summed E-state index contributed by atoms with van der Waals surface area (Å²) < 4.78 is 12.4. The van der Waals surface area contributed by atoms with E-state index in [9.17, 15) is 4.79 Å². The van der Waals surface area contributed by atoms with Crippen LogP contribution in [0.15, 0.2) is 42.5 Å². The number of methoxy groups -OCH3 is 1. The van der Waals surface area contributed by atoms with Gasteiger partial charge in [-0.3, -0.25) is 0 Å². The standard InChI is InChI=1S/C28H30O3S/c1-3-31-27(29)21-9-7-20(8-10-21)26-25(24-22(30-2)5-4-6-23(24)32-26)28-14-17-11-18(15-28)13-19(12-17)16-28/h4-10,17-19H,3,11-16H2,1-2H3. The number of esters is 1. The van der Waals surface area contributed by atoms with Gasteiger partial charge in [-0.1, -0.05) is 18.2 Å². The molecule has 2 aromatic carbocycles. The van der Waals surface area contributed by atoms with Gasteiger partial charge in [-0.2, -0.15) is 0 Å². The molecule has 0 amide bonds. The van der Waals surface area contributed by atoms with Crippen LogP contribution in [0.3, 0.4) is 0 Å². The molecule has 0 atom stereocenters. The summed E-state index contributed by atoms with van der Waals surface area (Å²) in [6, 6.07) is 14.5. The largest absolute Gasteiger partial charge is 0.496 e. The molecule has 3 nitrogen and oxygen atoms in total. The minimum absolute atomic E-state index is 0.252. The molecule has 32 heavy (non-hydrogen) atoms. The highest BCUT2D eigenvalue weighted by Crippen LogP contribution is 2.64. The predicted octanol–water partition coefficient (Wildman–Crippen LogP) is 7.22. The number of fused-ring (bicyclic) bond motifs is 1. The first-order valence-corrected chi connectivity index (χ1v) is 12.8. The van der Waals surface area contributed by atoms with Gasteiger partial charge in [0.25, 0.3) is 0 Å². The van der Waals surface area contributed by atoms with E-state index in [4.69, 9.17) is 9.47 Å². The van der Waals surface area contributed by atoms with Crippen molar-refractivity contribution in [3.05, 3.63) is 53.6 Å². The second kappa shape index (κ2) is 7.62. The van der Waals surface area contributed by atoms with Crippen molar-refractivity contribution in [3.8, 4) is 16.2 Å². The molecular formula is C28H30O3S. The smallest absolute Gasteiger partial charge is 0.338 e. The average molecular weight is 447 g/mol. The summed E-state index contributed by atoms with van der Waals surface area (Å²) in [5.41, 5.74) is 3.60. The molecule has 4 aliphatic rings. The summed E-state index contributed by atoms with van der Waals surface area (Å²) in [6.45, 7) is 2.24. The van der Waals surface area contributed by atoms with E-state index in [1.165, 1.54) is 64.6 Å². The van der Waals surface area contributed by atoms with Crippen LogP contribution >= 0.6 is 11.3 Å². The molecule has 0 unspecified atom stereocenters. The summed E-state index contributed by atoms with van der Waals surface area (Å²) in [7, 11) is 1.80. The SMILES string of the molecule is CCOC(=O)c1ccc(-c2sc3cccc(OC)c3c2C23CC4CC(CC(C4)C2)C3)cc1. The molecule has 1 aromatic heterocycles. The highest BCUT2D eigenvalue weighted by Gasteiger charge is 2.53. The number of hydrogen-bond donors (Lipinski definition) is 0. The predicted molar refractivity (Wildman–Crippen MR) is 130 cm³/mol. The van der Waals surface area contributed by atoms with Crippen LogP contribution in [0.25, 0.3) is 20.5 Å². The van der Waals surface area contributed by atoms with Crippen molar-refractivity contribution in [2.24, 2.45) is 17.8 Å². The zero-order chi connectivity index (χ0) is 21.9. The first kappa shape index (κ1) is 20.3. The van der Waals surface area contributed by atoms with E-state index in [0.717, 1.165) is 23.5 Å². The number of ether oxygens (including phenoxy) is 2. The average Bonchev–Trinajstić information content (AvgIpc) is 3.19. The number of rotatable bonds is 5. The van der Waals surface area contributed by atoms with Gasteiger partial charge in [0, 0.05) is 15.0 Å². The van der Waals surface area contributed by atoms with Gasteiger partial charge in [0.1, 0.15) is 5.75 Å². The van der Waals surface area contributed by atoms with Gasteiger partial charge in [-0.15, -0.1) is 11.3 Å². The Kier molecular flexibility index (Phi) is 4.83. The fourth-order valence-corrected chi connectivity index (χ4v) is 8.73. The lowest BCUT2D eigenvalue weighted by Crippen LogP contribution is -2.48. The molecule has 4 heteroatoms. The van der Waals surface area contributed by atoms with Crippen molar-refractivity contribution in [2.45, 2.75) is 50.9 Å². The van der Waals surface area contributed by atoms with Gasteiger partial charge in [-0.25, -0.2) is 4.79 Å². The normalized spacial score (nSPS) is 28.2. The molecule has 1 heterocycles. The lowest BCUT2D eigenvalue weighted by Gasteiger charge is -2.57. The van der Waals surface area contributed by atoms with Crippen LogP contribution in [0.4, 0.5) is 0 Å². The first-order valence-electron chi connectivity index (χ1n) is 12.0. The monoisotopic (exact) mass is 446 g/mol. The molecule has 4 aliphatic carbocycles. The van der Waals surface area contributed by atoms with Gasteiger partial charge in [0.2, 0.25) is 0 Å². The van der Waals surface area contributed by atoms with Crippen LogP contribution in [-0.4, -0.2) is 19.7 Å². The molecule has 3 aromatic rings. The van der Waals surface area contributed by atoms with E-state index in [2.05, 4.69) is 30.3 Å². The number of benzene rings is 2. The van der Waals surface area contributed by atoms with E-state index in [0.29, 0.717) is 12.2 Å². The van der Waals surface area contributed by atoms with E-state index in [1.807, 2.05) is 30.4 Å². The zero-order valence-corrected chi connectivity index (χ0v) is 19.7. The van der Waals surface area contributed by atoms with E-state index in [1.54, 1.807) is 7.11 Å². The third-order valence-corrected chi connectivity index (χ3v) is 9.33. The van der Waals surface area contributed by atoms with Crippen LogP contribution < -0.4 is 4.74 Å². The first-order chi connectivity index (χ1) is 15.6. The van der Waals surface area contributed by atoms with Gasteiger partial charge in [0.05, 0.1) is 19.3 Å². The molecule has 4 bridgehead atoms. The molecule has 4 saturated carbocycles. The Balaban J connectivity index is 1.53. The Morgan fingerprint density at radius 3 is 2.25 bits per heavy atom.